The Kier molecular flexibility index (Phi) is 14.9. The van der Waals surface area contributed by atoms with Crippen LogP contribution in [-0.2, 0) is 33.7 Å². The summed E-state index contributed by atoms with van der Waals surface area (Å²) in [6.45, 7) is 3.65. The Balaban J connectivity index is 0.00000325. The van der Waals surface area contributed by atoms with Crippen LogP contribution in [0.4, 0.5) is 9.18 Å². The molecule has 5 rings (SSSR count). The predicted octanol–water partition coefficient (Wildman–Crippen LogP) is -4.21. The first-order valence-electron chi connectivity index (χ1n) is 14.7. The molecule has 2 atom stereocenters. The van der Waals surface area contributed by atoms with Crippen LogP contribution in [-0.4, -0.2) is 76.6 Å². The van der Waals surface area contributed by atoms with Crippen LogP contribution < -0.4 is 83.5 Å². The number of nitrogens with zero attached hydrogens (tertiary/aromatic N) is 4. The number of piperazine rings is 1. The average Bonchev–Trinajstić information content (AvgIpc) is 3.03. The molecule has 2 heterocycles. The average molecular weight is 712 g/mol. The quantitative estimate of drug-likeness (QED) is 0.118. The van der Waals surface area contributed by atoms with Crippen molar-refractivity contribution in [3.05, 3.63) is 108 Å². The molecule has 2 fully saturated rings. The molecule has 2 saturated heterocycles. The molecule has 0 spiro atoms. The monoisotopic (exact) mass is 711 g/mol. The van der Waals surface area contributed by atoms with Crippen LogP contribution in [0.5, 0.6) is 11.5 Å². The summed E-state index contributed by atoms with van der Waals surface area (Å²) in [6.07, 6.45) is 0.560. The summed E-state index contributed by atoms with van der Waals surface area (Å²) in [6, 6.07) is 17.4. The molecule has 4 amide bonds. The van der Waals surface area contributed by atoms with Gasteiger partial charge in [-0.05, 0) is 29.3 Å². The number of urea groups is 1. The van der Waals surface area contributed by atoms with E-state index in [1.165, 1.54) is 58.3 Å². The zero-order valence-electron chi connectivity index (χ0n) is 27.5. The van der Waals surface area contributed by atoms with Crippen molar-refractivity contribution in [2.45, 2.75) is 31.7 Å². The molecule has 3 aromatic rings. The van der Waals surface area contributed by atoms with Crippen LogP contribution in [0, 0.1) is 5.82 Å². The normalized spacial score (nSPS) is 17.8. The Morgan fingerprint density at radius 3 is 2.33 bits per heavy atom. The topological polar surface area (TPSA) is 158 Å². The van der Waals surface area contributed by atoms with Crippen molar-refractivity contribution in [2.75, 3.05) is 26.7 Å². The second-order valence-electron chi connectivity index (χ2n) is 11.0. The number of amides is 4. The maximum atomic E-state index is 15.1. The number of hydrogen-bond donors (Lipinski definition) is 1. The molecule has 248 valence electrons. The number of hydrazine groups is 1. The van der Waals surface area contributed by atoms with Crippen LogP contribution >= 0.6 is 7.82 Å². The van der Waals surface area contributed by atoms with Gasteiger partial charge in [-0.3, -0.25) is 9.59 Å². The number of hydrogen-bond acceptors (Lipinski definition) is 9. The van der Waals surface area contributed by atoms with E-state index in [-0.39, 0.29) is 110 Å². The van der Waals surface area contributed by atoms with Gasteiger partial charge in [0.15, 0.2) is 0 Å². The van der Waals surface area contributed by atoms with E-state index in [1.807, 2.05) is 30.3 Å². The van der Waals surface area contributed by atoms with Crippen LogP contribution in [0.15, 0.2) is 85.5 Å². The number of fused-ring (bicyclic) bond motifs is 1. The molecule has 0 radical (unpaired) electrons. The number of carbonyl (C=O) groups is 3. The van der Waals surface area contributed by atoms with Crippen molar-refractivity contribution in [1.29, 1.82) is 0 Å². The standard InChI is InChI=1S/C32H35FN5O8P.2Na/c1-3-15-36-21-30(39)37-28(16-22-9-12-25(13-10-22)46-47(42,43)44)31(40)35(19-24-11-14-26(45-2)17-27(24)33)20-29(37)38(36)32(41)34-18-23-7-5-4-6-8-23;;/h3-14,17,28-29H,1,15-16,18-21H2,2H3,(H,34,41)(H2,42,43,44);;/q;2*+1/p-2/t28-,29-;;/m0../s1. The molecule has 2 aliphatic heterocycles. The summed E-state index contributed by atoms with van der Waals surface area (Å²) >= 11 is 0. The molecule has 0 saturated carbocycles. The van der Waals surface area contributed by atoms with Gasteiger partial charge in [-0.2, -0.15) is 0 Å². The zero-order valence-corrected chi connectivity index (χ0v) is 32.4. The summed E-state index contributed by atoms with van der Waals surface area (Å²) in [7, 11) is -3.88. The molecule has 0 bridgehead atoms. The fourth-order valence-corrected chi connectivity index (χ4v) is 6.11. The maximum absolute atomic E-state index is 15.1. The van der Waals surface area contributed by atoms with Crippen molar-refractivity contribution in [3.63, 3.8) is 0 Å². The van der Waals surface area contributed by atoms with Gasteiger partial charge in [0.2, 0.25) is 11.8 Å². The molecule has 0 aromatic heterocycles. The van der Waals surface area contributed by atoms with Gasteiger partial charge in [0, 0.05) is 37.7 Å². The predicted molar refractivity (Wildman–Crippen MR) is 163 cm³/mol. The first-order valence-corrected chi connectivity index (χ1v) is 16.1. The van der Waals surface area contributed by atoms with Gasteiger partial charge in [-0.25, -0.2) is 19.2 Å². The van der Waals surface area contributed by atoms with E-state index in [4.69, 9.17) is 4.74 Å². The Morgan fingerprint density at radius 1 is 1.04 bits per heavy atom. The second-order valence-corrected chi connectivity index (χ2v) is 12.1. The van der Waals surface area contributed by atoms with E-state index in [0.29, 0.717) is 11.3 Å². The first-order chi connectivity index (χ1) is 22.5. The van der Waals surface area contributed by atoms with E-state index in [9.17, 15) is 28.7 Å². The summed E-state index contributed by atoms with van der Waals surface area (Å²) in [4.78, 5) is 66.6. The molecule has 13 nitrogen and oxygen atoms in total. The van der Waals surface area contributed by atoms with Gasteiger partial charge in [0.1, 0.15) is 37.3 Å². The minimum atomic E-state index is -5.29. The van der Waals surface area contributed by atoms with E-state index >= 15 is 4.39 Å². The van der Waals surface area contributed by atoms with Gasteiger partial charge < -0.3 is 38.7 Å². The minimum Gasteiger partial charge on any atom is -0.780 e. The number of methoxy groups -OCH3 is 1. The van der Waals surface area contributed by atoms with Crippen molar-refractivity contribution < 1.29 is 102 Å². The fraction of sp³-hybridized carbons (Fsp3) is 0.281. The smallest absolute Gasteiger partial charge is 0.780 e. The third-order valence-corrected chi connectivity index (χ3v) is 8.29. The summed E-state index contributed by atoms with van der Waals surface area (Å²) in [5.41, 5.74) is 1.57. The van der Waals surface area contributed by atoms with E-state index in [2.05, 4.69) is 16.4 Å². The number of phosphoric ester groups is 1. The number of carbonyl (C=O) groups excluding carboxylic acids is 3. The molecule has 17 heteroatoms. The number of ether oxygens (including phenoxy) is 1. The van der Waals surface area contributed by atoms with Gasteiger partial charge >= 0.3 is 65.1 Å². The van der Waals surface area contributed by atoms with E-state index in [0.717, 1.165) is 5.56 Å². The van der Waals surface area contributed by atoms with E-state index < -0.39 is 43.7 Å². The number of benzene rings is 3. The van der Waals surface area contributed by atoms with Crippen molar-refractivity contribution >= 4 is 25.7 Å². The van der Waals surface area contributed by atoms with Crippen molar-refractivity contribution in [3.8, 4) is 11.5 Å². The number of nitrogens with one attached hydrogen (secondary N) is 1. The Bertz CT molecular complexity index is 1680. The van der Waals surface area contributed by atoms with Crippen LogP contribution in [0.1, 0.15) is 16.7 Å². The number of rotatable bonds is 11. The molecule has 3 aromatic carbocycles. The van der Waals surface area contributed by atoms with Crippen LogP contribution in [0.2, 0.25) is 0 Å². The van der Waals surface area contributed by atoms with E-state index in [1.54, 1.807) is 17.2 Å². The Hall–Kier alpha value is -2.75. The Morgan fingerprint density at radius 2 is 1.71 bits per heavy atom. The fourth-order valence-electron chi connectivity index (χ4n) is 5.73. The minimum absolute atomic E-state index is 0. The molecule has 0 unspecified atom stereocenters. The molecular formula is C32H33FN5Na2O8P. The van der Waals surface area contributed by atoms with Crippen molar-refractivity contribution in [1.82, 2.24) is 25.1 Å². The first kappa shape index (κ1) is 40.7. The van der Waals surface area contributed by atoms with Crippen LogP contribution in [0.25, 0.3) is 0 Å². The molecular weight excluding hydrogens is 678 g/mol. The Labute approximate surface area is 327 Å². The summed E-state index contributed by atoms with van der Waals surface area (Å²) < 4.78 is 35.6. The van der Waals surface area contributed by atoms with Gasteiger partial charge in [0.05, 0.1) is 20.2 Å². The van der Waals surface area contributed by atoms with Crippen LogP contribution in [0.3, 0.4) is 0 Å². The van der Waals surface area contributed by atoms with Gasteiger partial charge in [-0.15, -0.1) is 6.58 Å². The van der Waals surface area contributed by atoms with Gasteiger partial charge in [0.25, 0.3) is 0 Å². The third kappa shape index (κ3) is 10.2. The number of halogens is 1. The summed E-state index contributed by atoms with van der Waals surface area (Å²) in [5.74, 6) is -1.38. The third-order valence-electron chi connectivity index (χ3n) is 7.86. The number of phosphoric acid groups is 1. The summed E-state index contributed by atoms with van der Waals surface area (Å²) in [5, 5.41) is 5.85. The van der Waals surface area contributed by atoms with Crippen molar-refractivity contribution in [2.24, 2.45) is 0 Å². The zero-order chi connectivity index (χ0) is 33.7. The maximum Gasteiger partial charge on any atom is 1.00 e. The molecule has 1 N–H and O–H groups in total. The molecule has 2 aliphatic rings. The molecule has 0 aliphatic carbocycles. The largest absolute Gasteiger partial charge is 1.00 e. The molecule has 49 heavy (non-hydrogen) atoms. The second kappa shape index (κ2) is 18.0. The SMILES string of the molecule is C=CCN1CC(=O)N2[C@@H](Cc3ccc(OP(=O)([O-])[O-])cc3)C(=O)N(Cc3ccc(OC)cc3F)C[C@@H]2N1C(=O)NCc1ccccc1.[Na+].[Na+]. The van der Waals surface area contributed by atoms with Gasteiger partial charge in [-0.1, -0.05) is 54.6 Å².